The molecule has 0 unspecified atom stereocenters. The van der Waals surface area contributed by atoms with Gasteiger partial charge in [-0.1, -0.05) is 42.5 Å². The van der Waals surface area contributed by atoms with Crippen molar-refractivity contribution in [2.75, 3.05) is 18.6 Å². The van der Waals surface area contributed by atoms with Gasteiger partial charge in [0.05, 0.1) is 12.1 Å². The highest BCUT2D eigenvalue weighted by molar-refractivity contribution is 5.92. The summed E-state index contributed by atoms with van der Waals surface area (Å²) in [5.74, 6) is 1.91. The minimum atomic E-state index is -0.317. The summed E-state index contributed by atoms with van der Waals surface area (Å²) < 4.78 is 10.5. The van der Waals surface area contributed by atoms with Crippen molar-refractivity contribution in [1.82, 2.24) is 15.3 Å². The van der Waals surface area contributed by atoms with Crippen molar-refractivity contribution in [3.05, 3.63) is 89.6 Å². The zero-order valence-electron chi connectivity index (χ0n) is 18.2. The molecule has 2 heterocycles. The van der Waals surface area contributed by atoms with Crippen LogP contribution in [-0.4, -0.2) is 29.5 Å². The number of carbonyl (C=O) groups is 1. The highest BCUT2D eigenvalue weighted by atomic mass is 16.5. The molecule has 4 aromatic rings. The first-order valence-electron chi connectivity index (χ1n) is 10.6. The standard InChI is InChI=1S/C25H26N4O3/c1-3-29(16-18-9-5-4-6-10-18)24-20-11-7-8-12-21(20)27-23(28-24)15-26-25(30)22-14-13-19(32-22)17-31-2/h4-14H,3,15-17H2,1-2H3,(H,26,30). The van der Waals surface area contributed by atoms with Crippen molar-refractivity contribution in [1.29, 1.82) is 0 Å². The maximum Gasteiger partial charge on any atom is 0.287 e. The molecule has 0 aliphatic heterocycles. The summed E-state index contributed by atoms with van der Waals surface area (Å²) >= 11 is 0. The summed E-state index contributed by atoms with van der Waals surface area (Å²) in [4.78, 5) is 24.2. The Morgan fingerprint density at radius 1 is 1.03 bits per heavy atom. The van der Waals surface area contributed by atoms with E-state index < -0.39 is 0 Å². The second-order valence-electron chi connectivity index (χ2n) is 7.36. The number of furan rings is 1. The van der Waals surface area contributed by atoms with E-state index in [1.165, 1.54) is 5.56 Å². The molecule has 4 rings (SSSR count). The largest absolute Gasteiger partial charge is 0.453 e. The molecule has 7 nitrogen and oxygen atoms in total. The van der Waals surface area contributed by atoms with Gasteiger partial charge in [0.1, 0.15) is 18.2 Å². The van der Waals surface area contributed by atoms with Crippen LogP contribution in [0.4, 0.5) is 5.82 Å². The lowest BCUT2D eigenvalue weighted by Crippen LogP contribution is -2.26. The fourth-order valence-electron chi connectivity index (χ4n) is 3.53. The van der Waals surface area contributed by atoms with E-state index in [-0.39, 0.29) is 18.2 Å². The van der Waals surface area contributed by atoms with Crippen molar-refractivity contribution < 1.29 is 13.9 Å². The first-order chi connectivity index (χ1) is 15.7. The molecule has 0 aliphatic carbocycles. The topological polar surface area (TPSA) is 80.5 Å². The zero-order chi connectivity index (χ0) is 22.3. The highest BCUT2D eigenvalue weighted by Gasteiger charge is 2.16. The lowest BCUT2D eigenvalue weighted by atomic mass is 10.2. The van der Waals surface area contributed by atoms with Gasteiger partial charge >= 0.3 is 0 Å². The van der Waals surface area contributed by atoms with Crippen molar-refractivity contribution in [3.63, 3.8) is 0 Å². The van der Waals surface area contributed by atoms with Crippen LogP contribution in [0.1, 0.15) is 34.6 Å². The number of nitrogens with one attached hydrogen (secondary N) is 1. The SMILES string of the molecule is CCN(Cc1ccccc1)c1nc(CNC(=O)c2ccc(COC)o2)nc2ccccc12. The number of nitrogens with zero attached hydrogens (tertiary/aromatic N) is 3. The number of hydrogen-bond donors (Lipinski definition) is 1. The molecule has 0 bridgehead atoms. The van der Waals surface area contributed by atoms with Crippen LogP contribution in [0.3, 0.4) is 0 Å². The molecule has 1 N–H and O–H groups in total. The average Bonchev–Trinajstić information content (AvgIpc) is 3.30. The molecular weight excluding hydrogens is 404 g/mol. The van der Waals surface area contributed by atoms with E-state index in [4.69, 9.17) is 14.1 Å². The van der Waals surface area contributed by atoms with Crippen LogP contribution in [0.5, 0.6) is 0 Å². The maximum atomic E-state index is 12.5. The van der Waals surface area contributed by atoms with E-state index in [1.807, 2.05) is 42.5 Å². The summed E-state index contributed by atoms with van der Waals surface area (Å²) in [6, 6.07) is 21.6. The summed E-state index contributed by atoms with van der Waals surface area (Å²) in [5, 5.41) is 3.83. The molecule has 7 heteroatoms. The van der Waals surface area contributed by atoms with E-state index in [0.717, 1.165) is 29.8 Å². The molecule has 0 fully saturated rings. The predicted molar refractivity (Wildman–Crippen MR) is 123 cm³/mol. The predicted octanol–water partition coefficient (Wildman–Crippen LogP) is 4.33. The van der Waals surface area contributed by atoms with E-state index in [1.54, 1.807) is 19.2 Å². The number of para-hydroxylation sites is 1. The van der Waals surface area contributed by atoms with Gasteiger partial charge in [-0.2, -0.15) is 0 Å². The number of benzene rings is 2. The lowest BCUT2D eigenvalue weighted by molar-refractivity contribution is 0.0913. The molecule has 164 valence electrons. The molecule has 0 aliphatic rings. The Kier molecular flexibility index (Phi) is 6.77. The molecule has 0 saturated heterocycles. The van der Waals surface area contributed by atoms with Crippen LogP contribution < -0.4 is 10.2 Å². The third kappa shape index (κ3) is 4.95. The smallest absolute Gasteiger partial charge is 0.287 e. The summed E-state index contributed by atoms with van der Waals surface area (Å²) in [6.07, 6.45) is 0. The van der Waals surface area contributed by atoms with Crippen molar-refractivity contribution in [2.24, 2.45) is 0 Å². The Morgan fingerprint density at radius 2 is 1.81 bits per heavy atom. The molecule has 32 heavy (non-hydrogen) atoms. The molecule has 0 atom stereocenters. The molecule has 2 aromatic carbocycles. The number of fused-ring (bicyclic) bond motifs is 1. The fraction of sp³-hybridized carbons (Fsp3) is 0.240. The quantitative estimate of drug-likeness (QED) is 0.426. The summed E-state index contributed by atoms with van der Waals surface area (Å²) in [6.45, 7) is 4.14. The second kappa shape index (κ2) is 10.1. The number of methoxy groups -OCH3 is 1. The second-order valence-corrected chi connectivity index (χ2v) is 7.36. The summed E-state index contributed by atoms with van der Waals surface area (Å²) in [5.41, 5.74) is 2.05. The van der Waals surface area contributed by atoms with E-state index >= 15 is 0 Å². The van der Waals surface area contributed by atoms with Gasteiger partial charge in [-0.15, -0.1) is 0 Å². The fourth-order valence-corrected chi connectivity index (χ4v) is 3.53. The van der Waals surface area contributed by atoms with Crippen molar-refractivity contribution in [3.8, 4) is 0 Å². The van der Waals surface area contributed by atoms with Crippen LogP contribution in [0.25, 0.3) is 10.9 Å². The average molecular weight is 431 g/mol. The van der Waals surface area contributed by atoms with Crippen molar-refractivity contribution in [2.45, 2.75) is 26.6 Å². The summed E-state index contributed by atoms with van der Waals surface area (Å²) in [7, 11) is 1.58. The number of hydrogen-bond acceptors (Lipinski definition) is 6. The number of rotatable bonds is 9. The van der Waals surface area contributed by atoms with Crippen LogP contribution in [0, 0.1) is 0 Å². The van der Waals surface area contributed by atoms with Gasteiger partial charge in [-0.3, -0.25) is 4.79 Å². The molecule has 0 saturated carbocycles. The molecule has 1 amide bonds. The Hall–Kier alpha value is -3.71. The molecule has 0 spiro atoms. The van der Waals surface area contributed by atoms with Crippen LogP contribution in [0.15, 0.2) is 71.1 Å². The minimum absolute atomic E-state index is 0.194. The monoisotopic (exact) mass is 430 g/mol. The molecule has 0 radical (unpaired) electrons. The van der Waals surface area contributed by atoms with E-state index in [2.05, 4.69) is 34.3 Å². The first kappa shape index (κ1) is 21.5. The Balaban J connectivity index is 1.57. The van der Waals surface area contributed by atoms with Gasteiger partial charge in [0.15, 0.2) is 11.6 Å². The van der Waals surface area contributed by atoms with Crippen LogP contribution in [-0.2, 0) is 24.4 Å². The first-order valence-corrected chi connectivity index (χ1v) is 10.6. The van der Waals surface area contributed by atoms with Crippen LogP contribution >= 0.6 is 0 Å². The minimum Gasteiger partial charge on any atom is -0.453 e. The third-order valence-electron chi connectivity index (χ3n) is 5.11. The number of aromatic nitrogens is 2. The number of ether oxygens (including phenoxy) is 1. The van der Waals surface area contributed by atoms with Gasteiger partial charge in [0.25, 0.3) is 5.91 Å². The van der Waals surface area contributed by atoms with Gasteiger partial charge < -0.3 is 19.4 Å². The molecular formula is C25H26N4O3. The highest BCUT2D eigenvalue weighted by Crippen LogP contribution is 2.25. The number of anilines is 1. The normalized spacial score (nSPS) is 10.9. The van der Waals surface area contributed by atoms with Crippen molar-refractivity contribution >= 4 is 22.6 Å². The van der Waals surface area contributed by atoms with E-state index in [9.17, 15) is 4.79 Å². The number of amides is 1. The number of carbonyl (C=O) groups excluding carboxylic acids is 1. The van der Waals surface area contributed by atoms with Gasteiger partial charge in [0.2, 0.25) is 0 Å². The van der Waals surface area contributed by atoms with Crippen LogP contribution in [0.2, 0.25) is 0 Å². The third-order valence-corrected chi connectivity index (χ3v) is 5.11. The Labute approximate surface area is 187 Å². The lowest BCUT2D eigenvalue weighted by Gasteiger charge is -2.24. The van der Waals surface area contributed by atoms with Gasteiger partial charge in [0, 0.05) is 25.6 Å². The van der Waals surface area contributed by atoms with Gasteiger partial charge in [-0.05, 0) is 36.8 Å². The Morgan fingerprint density at radius 3 is 2.59 bits per heavy atom. The zero-order valence-corrected chi connectivity index (χ0v) is 18.2. The van der Waals surface area contributed by atoms with E-state index in [0.29, 0.717) is 18.2 Å². The van der Waals surface area contributed by atoms with Gasteiger partial charge in [-0.25, -0.2) is 9.97 Å². The Bertz CT molecular complexity index is 1190. The maximum absolute atomic E-state index is 12.5. The molecule has 2 aromatic heterocycles.